The number of rotatable bonds is 6. The van der Waals surface area contributed by atoms with Crippen LogP contribution in [0.1, 0.15) is 39.4 Å². The molecule has 0 aliphatic heterocycles. The van der Waals surface area contributed by atoms with Gasteiger partial charge in [-0.15, -0.1) is 0 Å². The molecule has 2 amide bonds. The van der Waals surface area contributed by atoms with Crippen molar-refractivity contribution in [3.8, 4) is 0 Å². The van der Waals surface area contributed by atoms with E-state index in [4.69, 9.17) is 9.52 Å². The van der Waals surface area contributed by atoms with Crippen LogP contribution in [0.2, 0.25) is 0 Å². The summed E-state index contributed by atoms with van der Waals surface area (Å²) in [7, 11) is 1.65. The topological polar surface area (TPSA) is 82.8 Å². The van der Waals surface area contributed by atoms with E-state index >= 15 is 0 Å². The van der Waals surface area contributed by atoms with E-state index in [1.807, 2.05) is 20.8 Å². The quantitative estimate of drug-likeness (QED) is 0.845. The molecule has 0 bridgehead atoms. The largest absolute Gasteiger partial charge is 0.481 e. The summed E-state index contributed by atoms with van der Waals surface area (Å²) in [6.45, 7) is 6.38. The maximum absolute atomic E-state index is 12.1. The number of carbonyl (C=O) groups is 2. The normalized spacial score (nSPS) is 12.8. The number of carboxylic acid groups (broad SMARTS) is 1. The Morgan fingerprint density at radius 2 is 2.10 bits per heavy atom. The SMILES string of the molecule is CN(Cc1ccco1)C(=O)NC(CC(=O)O)CC(C)(C)C. The third kappa shape index (κ3) is 6.83. The lowest BCUT2D eigenvalue weighted by atomic mass is 9.87. The predicted molar refractivity (Wildman–Crippen MR) is 78.8 cm³/mol. The van der Waals surface area contributed by atoms with Crippen molar-refractivity contribution < 1.29 is 19.1 Å². The van der Waals surface area contributed by atoms with E-state index in [2.05, 4.69) is 5.32 Å². The number of nitrogens with one attached hydrogen (secondary N) is 1. The summed E-state index contributed by atoms with van der Waals surface area (Å²) in [5.41, 5.74) is -0.0625. The molecule has 1 aromatic rings. The zero-order chi connectivity index (χ0) is 16.0. The number of furan rings is 1. The van der Waals surface area contributed by atoms with Crippen molar-refractivity contribution in [2.75, 3.05) is 7.05 Å². The van der Waals surface area contributed by atoms with E-state index < -0.39 is 12.0 Å². The standard InChI is InChI=1S/C15H24N2O4/c1-15(2,3)9-11(8-13(18)19)16-14(20)17(4)10-12-6-5-7-21-12/h5-7,11H,8-10H2,1-4H3,(H,16,20)(H,18,19). The lowest BCUT2D eigenvalue weighted by Crippen LogP contribution is -2.45. The smallest absolute Gasteiger partial charge is 0.317 e. The number of amides is 2. The van der Waals surface area contributed by atoms with Gasteiger partial charge in [0.2, 0.25) is 0 Å². The molecule has 0 radical (unpaired) electrons. The van der Waals surface area contributed by atoms with Crippen molar-refractivity contribution in [3.05, 3.63) is 24.2 Å². The molecule has 1 atom stereocenters. The number of hydrogen-bond donors (Lipinski definition) is 2. The molecule has 0 aliphatic rings. The molecular weight excluding hydrogens is 272 g/mol. The lowest BCUT2D eigenvalue weighted by Gasteiger charge is -2.27. The van der Waals surface area contributed by atoms with E-state index in [-0.39, 0.29) is 17.9 Å². The van der Waals surface area contributed by atoms with Crippen LogP contribution in [0.5, 0.6) is 0 Å². The minimum Gasteiger partial charge on any atom is -0.481 e. The van der Waals surface area contributed by atoms with Crippen LogP contribution in [0.25, 0.3) is 0 Å². The fourth-order valence-corrected chi connectivity index (χ4v) is 2.12. The molecule has 21 heavy (non-hydrogen) atoms. The van der Waals surface area contributed by atoms with Crippen LogP contribution in [0.4, 0.5) is 4.79 Å². The van der Waals surface area contributed by atoms with Crippen LogP contribution in [-0.2, 0) is 11.3 Å². The maximum atomic E-state index is 12.1. The molecule has 1 aromatic heterocycles. The highest BCUT2D eigenvalue weighted by Crippen LogP contribution is 2.22. The first kappa shape index (κ1) is 17.1. The molecule has 1 unspecified atom stereocenters. The van der Waals surface area contributed by atoms with Crippen LogP contribution in [0.15, 0.2) is 22.8 Å². The molecule has 0 aromatic carbocycles. The van der Waals surface area contributed by atoms with Crippen LogP contribution in [-0.4, -0.2) is 35.1 Å². The number of nitrogens with zero attached hydrogens (tertiary/aromatic N) is 1. The van der Waals surface area contributed by atoms with Crippen molar-refractivity contribution >= 4 is 12.0 Å². The van der Waals surface area contributed by atoms with E-state index in [0.29, 0.717) is 18.7 Å². The molecule has 0 fully saturated rings. The van der Waals surface area contributed by atoms with Gasteiger partial charge in [-0.2, -0.15) is 0 Å². The molecule has 118 valence electrons. The van der Waals surface area contributed by atoms with Gasteiger partial charge in [-0.05, 0) is 24.0 Å². The van der Waals surface area contributed by atoms with Gasteiger partial charge in [0.05, 0.1) is 19.2 Å². The number of hydrogen-bond acceptors (Lipinski definition) is 3. The van der Waals surface area contributed by atoms with Crippen LogP contribution >= 0.6 is 0 Å². The van der Waals surface area contributed by atoms with Gasteiger partial charge in [0.1, 0.15) is 5.76 Å². The van der Waals surface area contributed by atoms with Crippen LogP contribution in [0.3, 0.4) is 0 Å². The number of carboxylic acids is 1. The number of aliphatic carboxylic acids is 1. The second-order valence-corrected chi connectivity index (χ2v) is 6.44. The first-order valence-electron chi connectivity index (χ1n) is 6.93. The summed E-state index contributed by atoms with van der Waals surface area (Å²) in [4.78, 5) is 24.5. The monoisotopic (exact) mass is 296 g/mol. The molecule has 1 rings (SSSR count). The lowest BCUT2D eigenvalue weighted by molar-refractivity contribution is -0.137. The Hall–Kier alpha value is -1.98. The molecule has 6 nitrogen and oxygen atoms in total. The maximum Gasteiger partial charge on any atom is 0.317 e. The van der Waals surface area contributed by atoms with Crippen molar-refractivity contribution in [1.29, 1.82) is 0 Å². The minimum absolute atomic E-state index is 0.0625. The van der Waals surface area contributed by atoms with Crippen molar-refractivity contribution in [2.45, 2.75) is 46.2 Å². The number of carbonyl (C=O) groups excluding carboxylic acids is 1. The molecule has 0 spiro atoms. The second kappa shape index (κ2) is 7.15. The molecule has 2 N–H and O–H groups in total. The highest BCUT2D eigenvalue weighted by Gasteiger charge is 2.24. The average molecular weight is 296 g/mol. The summed E-state index contributed by atoms with van der Waals surface area (Å²) in [5.74, 6) is -0.239. The third-order valence-electron chi connectivity index (χ3n) is 2.93. The Kier molecular flexibility index (Phi) is 5.81. The summed E-state index contributed by atoms with van der Waals surface area (Å²) >= 11 is 0. The molecule has 6 heteroatoms. The van der Waals surface area contributed by atoms with Gasteiger partial charge in [0.25, 0.3) is 0 Å². The molecule has 0 saturated heterocycles. The minimum atomic E-state index is -0.918. The van der Waals surface area contributed by atoms with Gasteiger partial charge in [0, 0.05) is 13.1 Å². The van der Waals surface area contributed by atoms with Gasteiger partial charge in [-0.1, -0.05) is 20.8 Å². The van der Waals surface area contributed by atoms with Gasteiger partial charge in [-0.3, -0.25) is 4.79 Å². The molecular formula is C15H24N2O4. The Labute approximate surface area is 125 Å². The highest BCUT2D eigenvalue weighted by molar-refractivity contribution is 5.75. The van der Waals surface area contributed by atoms with Crippen molar-refractivity contribution in [2.24, 2.45) is 5.41 Å². The summed E-state index contributed by atoms with van der Waals surface area (Å²) in [6.07, 6.45) is 2.06. The fourth-order valence-electron chi connectivity index (χ4n) is 2.12. The summed E-state index contributed by atoms with van der Waals surface area (Å²) < 4.78 is 5.19. The highest BCUT2D eigenvalue weighted by atomic mass is 16.4. The molecule has 0 saturated carbocycles. The van der Waals surface area contributed by atoms with Crippen molar-refractivity contribution in [3.63, 3.8) is 0 Å². The second-order valence-electron chi connectivity index (χ2n) is 6.44. The van der Waals surface area contributed by atoms with E-state index in [1.54, 1.807) is 25.4 Å². The Morgan fingerprint density at radius 3 is 2.57 bits per heavy atom. The zero-order valence-electron chi connectivity index (χ0n) is 13.0. The number of urea groups is 1. The van der Waals surface area contributed by atoms with Crippen molar-refractivity contribution in [1.82, 2.24) is 10.2 Å². The average Bonchev–Trinajstić information content (AvgIpc) is 2.78. The van der Waals surface area contributed by atoms with Gasteiger partial charge < -0.3 is 19.7 Å². The van der Waals surface area contributed by atoms with Gasteiger partial charge in [0.15, 0.2) is 0 Å². The predicted octanol–water partition coefficient (Wildman–Crippen LogP) is 2.70. The zero-order valence-corrected chi connectivity index (χ0v) is 13.0. The van der Waals surface area contributed by atoms with Crippen LogP contribution < -0.4 is 5.32 Å². The first-order chi connectivity index (χ1) is 9.67. The summed E-state index contributed by atoms with van der Waals surface area (Å²) in [6, 6.07) is 2.85. The van der Waals surface area contributed by atoms with Crippen LogP contribution in [0, 0.1) is 5.41 Å². The Morgan fingerprint density at radius 1 is 1.43 bits per heavy atom. The first-order valence-corrected chi connectivity index (χ1v) is 6.93. The molecule has 0 aliphatic carbocycles. The van der Waals surface area contributed by atoms with Gasteiger partial charge >= 0.3 is 12.0 Å². The van der Waals surface area contributed by atoms with E-state index in [1.165, 1.54) is 4.90 Å². The Balaban J connectivity index is 2.59. The van der Waals surface area contributed by atoms with E-state index in [0.717, 1.165) is 0 Å². The van der Waals surface area contributed by atoms with E-state index in [9.17, 15) is 9.59 Å². The molecule has 1 heterocycles. The Bertz CT molecular complexity index is 463. The fraction of sp³-hybridized carbons (Fsp3) is 0.600. The summed E-state index contributed by atoms with van der Waals surface area (Å²) in [5, 5.41) is 11.7. The third-order valence-corrected chi connectivity index (χ3v) is 2.93. The van der Waals surface area contributed by atoms with Gasteiger partial charge in [-0.25, -0.2) is 4.79 Å².